The molecule has 126 valence electrons. The van der Waals surface area contributed by atoms with Gasteiger partial charge in [0, 0.05) is 12.1 Å². The van der Waals surface area contributed by atoms with Crippen LogP contribution in [-0.2, 0) is 0 Å². The van der Waals surface area contributed by atoms with Gasteiger partial charge in [-0.15, -0.1) is 0 Å². The van der Waals surface area contributed by atoms with Crippen molar-refractivity contribution in [3.63, 3.8) is 0 Å². The van der Waals surface area contributed by atoms with Crippen molar-refractivity contribution in [3.8, 4) is 0 Å². The van der Waals surface area contributed by atoms with Crippen LogP contribution in [0.15, 0.2) is 48.5 Å². The number of hydrogen-bond acceptors (Lipinski definition) is 2. The molecule has 0 unspecified atom stereocenters. The molecule has 2 aliphatic rings. The van der Waals surface area contributed by atoms with Crippen LogP contribution in [0.3, 0.4) is 0 Å². The Labute approximate surface area is 141 Å². The van der Waals surface area contributed by atoms with Crippen molar-refractivity contribution in [1.29, 1.82) is 0 Å². The van der Waals surface area contributed by atoms with Gasteiger partial charge in [0.1, 0.15) is 11.6 Å². The Morgan fingerprint density at radius 2 is 1.00 bits per heavy atom. The summed E-state index contributed by atoms with van der Waals surface area (Å²) in [6, 6.07) is 14.4. The fourth-order valence-electron chi connectivity index (χ4n) is 4.10. The molecule has 0 spiro atoms. The fourth-order valence-corrected chi connectivity index (χ4v) is 4.10. The molecule has 4 rings (SSSR count). The second-order valence-corrected chi connectivity index (χ2v) is 6.89. The Kier molecular flexibility index (Phi) is 4.33. The highest BCUT2D eigenvalue weighted by Crippen LogP contribution is 2.36. The van der Waals surface area contributed by atoms with Crippen LogP contribution in [0.25, 0.3) is 0 Å². The second-order valence-electron chi connectivity index (χ2n) is 6.89. The minimum atomic E-state index is -0.226. The van der Waals surface area contributed by atoms with Crippen LogP contribution >= 0.6 is 0 Å². The van der Waals surface area contributed by atoms with Gasteiger partial charge < -0.3 is 10.6 Å². The summed E-state index contributed by atoms with van der Waals surface area (Å²) in [5.74, 6) is -0.451. The maximum atomic E-state index is 13.3. The fraction of sp³-hybridized carbons (Fsp3) is 0.400. The highest BCUT2D eigenvalue weighted by Gasteiger charge is 2.38. The zero-order valence-electron chi connectivity index (χ0n) is 13.5. The lowest BCUT2D eigenvalue weighted by Crippen LogP contribution is -2.59. The minimum absolute atomic E-state index is 0.0513. The van der Waals surface area contributed by atoms with Gasteiger partial charge in [-0.3, -0.25) is 0 Å². The third-order valence-corrected chi connectivity index (χ3v) is 5.34. The van der Waals surface area contributed by atoms with Gasteiger partial charge in [-0.05, 0) is 48.2 Å². The Bertz CT molecular complexity index is 622. The van der Waals surface area contributed by atoms with Crippen LogP contribution in [0, 0.1) is 11.6 Å². The molecule has 4 atom stereocenters. The zero-order chi connectivity index (χ0) is 16.5. The summed E-state index contributed by atoms with van der Waals surface area (Å²) in [6.45, 7) is 0. The van der Waals surface area contributed by atoms with E-state index in [4.69, 9.17) is 0 Å². The van der Waals surface area contributed by atoms with Gasteiger partial charge in [0.05, 0.1) is 12.1 Å². The lowest BCUT2D eigenvalue weighted by molar-refractivity contribution is 0.168. The van der Waals surface area contributed by atoms with E-state index in [1.165, 1.54) is 37.1 Å². The van der Waals surface area contributed by atoms with Crippen LogP contribution in [0.2, 0.25) is 0 Å². The third kappa shape index (κ3) is 3.08. The summed E-state index contributed by atoms with van der Waals surface area (Å²) in [5.41, 5.74) is 2.12. The molecule has 1 heterocycles. The number of rotatable bonds is 2. The van der Waals surface area contributed by atoms with Crippen molar-refractivity contribution in [1.82, 2.24) is 10.6 Å². The van der Waals surface area contributed by atoms with Gasteiger partial charge >= 0.3 is 0 Å². The lowest BCUT2D eigenvalue weighted by atomic mass is 9.82. The first kappa shape index (κ1) is 15.7. The van der Waals surface area contributed by atoms with Crippen molar-refractivity contribution in [3.05, 3.63) is 71.3 Å². The standard InChI is InChI=1S/C20H22F2N2/c21-15-9-5-13(6-10-15)19-20(14-7-11-16(22)12-8-14)24-18-4-2-1-3-17(18)23-19/h5-12,17-20,23-24H,1-4H2/t17-,18-,19+,20+/m0/s1. The first-order valence-electron chi connectivity index (χ1n) is 8.74. The molecule has 24 heavy (non-hydrogen) atoms. The summed E-state index contributed by atoms with van der Waals surface area (Å²) in [5, 5.41) is 7.55. The van der Waals surface area contributed by atoms with E-state index in [2.05, 4.69) is 10.6 Å². The maximum absolute atomic E-state index is 13.3. The average Bonchev–Trinajstić information content (AvgIpc) is 2.62. The van der Waals surface area contributed by atoms with Gasteiger partial charge in [-0.2, -0.15) is 0 Å². The van der Waals surface area contributed by atoms with Crippen molar-refractivity contribution >= 4 is 0 Å². The van der Waals surface area contributed by atoms with Crippen LogP contribution in [-0.4, -0.2) is 12.1 Å². The number of benzene rings is 2. The summed E-state index contributed by atoms with van der Waals surface area (Å²) >= 11 is 0. The van der Waals surface area contributed by atoms with Gasteiger partial charge in [-0.25, -0.2) is 8.78 Å². The molecule has 4 heteroatoms. The van der Waals surface area contributed by atoms with Crippen LogP contribution in [0.1, 0.15) is 48.9 Å². The molecule has 0 radical (unpaired) electrons. The molecule has 0 amide bonds. The highest BCUT2D eigenvalue weighted by atomic mass is 19.1. The third-order valence-electron chi connectivity index (χ3n) is 5.34. The van der Waals surface area contributed by atoms with E-state index in [0.717, 1.165) is 24.0 Å². The van der Waals surface area contributed by atoms with Crippen molar-refractivity contribution < 1.29 is 8.78 Å². The minimum Gasteiger partial charge on any atom is -0.304 e. The van der Waals surface area contributed by atoms with E-state index in [1.54, 1.807) is 0 Å². The van der Waals surface area contributed by atoms with Gasteiger partial charge in [0.25, 0.3) is 0 Å². The molecular weight excluding hydrogens is 306 g/mol. The van der Waals surface area contributed by atoms with E-state index < -0.39 is 0 Å². The largest absolute Gasteiger partial charge is 0.304 e. The average molecular weight is 328 g/mol. The van der Waals surface area contributed by atoms with Gasteiger partial charge in [0.15, 0.2) is 0 Å². The molecule has 1 saturated carbocycles. The Balaban J connectivity index is 1.68. The molecule has 2 aromatic carbocycles. The van der Waals surface area contributed by atoms with E-state index >= 15 is 0 Å². The second kappa shape index (κ2) is 6.61. The van der Waals surface area contributed by atoms with Crippen LogP contribution < -0.4 is 10.6 Å². The Hall–Kier alpha value is -1.78. The molecule has 1 saturated heterocycles. The van der Waals surface area contributed by atoms with Gasteiger partial charge in [0.2, 0.25) is 0 Å². The molecule has 2 N–H and O–H groups in total. The molecule has 2 fully saturated rings. The first-order chi connectivity index (χ1) is 11.7. The smallest absolute Gasteiger partial charge is 0.123 e. The van der Waals surface area contributed by atoms with Crippen LogP contribution in [0.4, 0.5) is 8.78 Å². The van der Waals surface area contributed by atoms with Crippen LogP contribution in [0.5, 0.6) is 0 Å². The first-order valence-corrected chi connectivity index (χ1v) is 8.74. The molecule has 0 bridgehead atoms. The van der Waals surface area contributed by atoms with E-state index in [0.29, 0.717) is 12.1 Å². The zero-order valence-corrected chi connectivity index (χ0v) is 13.5. The number of nitrogens with one attached hydrogen (secondary N) is 2. The molecule has 2 nitrogen and oxygen atoms in total. The topological polar surface area (TPSA) is 24.1 Å². The number of halogens is 2. The lowest BCUT2D eigenvalue weighted by Gasteiger charge is -2.46. The highest BCUT2D eigenvalue weighted by molar-refractivity contribution is 5.30. The molecule has 0 aromatic heterocycles. The predicted octanol–water partition coefficient (Wildman–Crippen LogP) is 4.25. The van der Waals surface area contributed by atoms with E-state index in [9.17, 15) is 8.78 Å². The molecule has 2 aromatic rings. The maximum Gasteiger partial charge on any atom is 0.123 e. The normalized spacial score (nSPS) is 29.9. The van der Waals surface area contributed by atoms with Crippen molar-refractivity contribution in [2.45, 2.75) is 49.9 Å². The molecule has 1 aliphatic heterocycles. The SMILES string of the molecule is Fc1ccc([C@H]2N[C@H]3CCCC[C@@H]3N[C@@H]2c2ccc(F)cc2)cc1. The predicted molar refractivity (Wildman–Crippen MR) is 90.6 cm³/mol. The summed E-state index contributed by atoms with van der Waals surface area (Å²) < 4.78 is 26.6. The molecule has 1 aliphatic carbocycles. The quantitative estimate of drug-likeness (QED) is 0.861. The van der Waals surface area contributed by atoms with Gasteiger partial charge in [-0.1, -0.05) is 37.1 Å². The summed E-state index contributed by atoms with van der Waals surface area (Å²) in [4.78, 5) is 0. The van der Waals surface area contributed by atoms with Crippen molar-refractivity contribution in [2.24, 2.45) is 0 Å². The van der Waals surface area contributed by atoms with Crippen molar-refractivity contribution in [2.75, 3.05) is 0 Å². The Morgan fingerprint density at radius 1 is 0.625 bits per heavy atom. The Morgan fingerprint density at radius 3 is 1.38 bits per heavy atom. The number of piperazine rings is 1. The summed E-state index contributed by atoms with van der Waals surface area (Å²) in [6.07, 6.45) is 4.80. The van der Waals surface area contributed by atoms with E-state index in [1.807, 2.05) is 24.3 Å². The molecular formula is C20H22F2N2. The number of fused-ring (bicyclic) bond motifs is 1. The monoisotopic (exact) mass is 328 g/mol. The van der Waals surface area contributed by atoms with E-state index in [-0.39, 0.29) is 23.7 Å². The number of hydrogen-bond donors (Lipinski definition) is 2. The summed E-state index contributed by atoms with van der Waals surface area (Å²) in [7, 11) is 0.